The minimum atomic E-state index is -0.00815. The van der Waals surface area contributed by atoms with Crippen LogP contribution in [0.4, 0.5) is 0 Å². The van der Waals surface area contributed by atoms with E-state index in [1.54, 1.807) is 11.8 Å². The molecule has 0 unspecified atom stereocenters. The Bertz CT molecular complexity index is 402. The fourth-order valence-corrected chi connectivity index (χ4v) is 3.10. The van der Waals surface area contributed by atoms with Gasteiger partial charge in [-0.25, -0.2) is 9.97 Å². The van der Waals surface area contributed by atoms with Crippen molar-refractivity contribution in [2.24, 2.45) is 0 Å². The van der Waals surface area contributed by atoms with Gasteiger partial charge in [0.1, 0.15) is 10.9 Å². The summed E-state index contributed by atoms with van der Waals surface area (Å²) in [5.74, 6) is 0.906. The molecule has 0 bridgehead atoms. The van der Waals surface area contributed by atoms with Crippen molar-refractivity contribution < 1.29 is 4.79 Å². The Morgan fingerprint density at radius 2 is 2.18 bits per heavy atom. The Labute approximate surface area is 106 Å². The minimum absolute atomic E-state index is 0.00815. The van der Waals surface area contributed by atoms with Crippen LogP contribution in [0.2, 0.25) is 0 Å². The first-order chi connectivity index (χ1) is 8.15. The van der Waals surface area contributed by atoms with Gasteiger partial charge in [0.2, 0.25) is 5.91 Å². The SMILES string of the molecule is Cc1cc(S[C@H]2CCCCNC2=O)nc(C)n1. The molecule has 2 rings (SSSR count). The van der Waals surface area contributed by atoms with Crippen LogP contribution >= 0.6 is 11.8 Å². The van der Waals surface area contributed by atoms with Crippen LogP contribution in [0.3, 0.4) is 0 Å². The summed E-state index contributed by atoms with van der Waals surface area (Å²) in [5, 5.41) is 3.83. The van der Waals surface area contributed by atoms with Crippen LogP contribution in [0.25, 0.3) is 0 Å². The molecule has 1 aliphatic heterocycles. The maximum atomic E-state index is 11.8. The topological polar surface area (TPSA) is 54.9 Å². The van der Waals surface area contributed by atoms with Crippen LogP contribution in [0, 0.1) is 13.8 Å². The highest BCUT2D eigenvalue weighted by atomic mass is 32.2. The van der Waals surface area contributed by atoms with Gasteiger partial charge in [0.15, 0.2) is 0 Å². The first kappa shape index (κ1) is 12.4. The number of aromatic nitrogens is 2. The van der Waals surface area contributed by atoms with Crippen LogP contribution in [0.1, 0.15) is 30.8 Å². The quantitative estimate of drug-likeness (QED) is 0.815. The van der Waals surface area contributed by atoms with Crippen molar-refractivity contribution in [1.82, 2.24) is 15.3 Å². The van der Waals surface area contributed by atoms with E-state index in [-0.39, 0.29) is 11.2 Å². The molecule has 2 heterocycles. The average molecular weight is 251 g/mol. The van der Waals surface area contributed by atoms with E-state index in [1.807, 2.05) is 19.9 Å². The third kappa shape index (κ3) is 3.43. The highest BCUT2D eigenvalue weighted by Gasteiger charge is 2.22. The molecule has 4 nitrogen and oxygen atoms in total. The molecule has 5 heteroatoms. The van der Waals surface area contributed by atoms with Crippen LogP contribution in [-0.2, 0) is 4.79 Å². The normalized spacial score (nSPS) is 20.8. The summed E-state index contributed by atoms with van der Waals surface area (Å²) < 4.78 is 0. The van der Waals surface area contributed by atoms with E-state index in [0.29, 0.717) is 0 Å². The number of nitrogens with zero attached hydrogens (tertiary/aromatic N) is 2. The second-order valence-electron chi connectivity index (χ2n) is 4.29. The van der Waals surface area contributed by atoms with Crippen molar-refractivity contribution in [2.75, 3.05) is 6.54 Å². The molecule has 0 spiro atoms. The maximum absolute atomic E-state index is 11.8. The highest BCUT2D eigenvalue weighted by Crippen LogP contribution is 2.26. The Kier molecular flexibility index (Phi) is 3.99. The lowest BCUT2D eigenvalue weighted by atomic mass is 10.2. The number of hydrogen-bond donors (Lipinski definition) is 1. The van der Waals surface area contributed by atoms with Crippen LogP contribution in [0.15, 0.2) is 11.1 Å². The summed E-state index contributed by atoms with van der Waals surface area (Å²) in [6, 6.07) is 1.94. The van der Waals surface area contributed by atoms with Crippen molar-refractivity contribution >= 4 is 17.7 Å². The smallest absolute Gasteiger partial charge is 0.233 e. The number of carbonyl (C=O) groups is 1. The van der Waals surface area contributed by atoms with Crippen LogP contribution in [0.5, 0.6) is 0 Å². The molecule has 1 N–H and O–H groups in total. The van der Waals surface area contributed by atoms with Crippen molar-refractivity contribution in [1.29, 1.82) is 0 Å². The molecule has 1 aromatic heterocycles. The zero-order chi connectivity index (χ0) is 12.3. The van der Waals surface area contributed by atoms with Gasteiger partial charge < -0.3 is 5.32 Å². The van der Waals surface area contributed by atoms with Gasteiger partial charge in [-0.1, -0.05) is 18.2 Å². The number of aryl methyl sites for hydroxylation is 2. The Hall–Kier alpha value is -1.10. The summed E-state index contributed by atoms with van der Waals surface area (Å²) in [6.07, 6.45) is 3.10. The fourth-order valence-electron chi connectivity index (χ4n) is 1.91. The van der Waals surface area contributed by atoms with E-state index in [4.69, 9.17) is 0 Å². The summed E-state index contributed by atoms with van der Waals surface area (Å²) in [5.41, 5.74) is 0.953. The van der Waals surface area contributed by atoms with Crippen molar-refractivity contribution in [3.63, 3.8) is 0 Å². The van der Waals surface area contributed by atoms with Gasteiger partial charge in [0.05, 0.1) is 5.25 Å². The van der Waals surface area contributed by atoms with Crippen LogP contribution in [-0.4, -0.2) is 27.7 Å². The minimum Gasteiger partial charge on any atom is -0.355 e. The summed E-state index contributed by atoms with van der Waals surface area (Å²) in [6.45, 7) is 4.63. The van der Waals surface area contributed by atoms with Gasteiger partial charge in [0, 0.05) is 12.2 Å². The van der Waals surface area contributed by atoms with Crippen molar-refractivity contribution in [3.8, 4) is 0 Å². The van der Waals surface area contributed by atoms with E-state index in [1.165, 1.54) is 0 Å². The Morgan fingerprint density at radius 1 is 1.35 bits per heavy atom. The average Bonchev–Trinajstić information content (AvgIpc) is 2.43. The van der Waals surface area contributed by atoms with E-state index in [9.17, 15) is 4.79 Å². The standard InChI is InChI=1S/C12H17N3OS/c1-8-7-11(15-9(2)14-8)17-10-5-3-4-6-13-12(10)16/h7,10H,3-6H2,1-2H3,(H,13,16)/t10-/m0/s1. The predicted molar refractivity (Wildman–Crippen MR) is 68.0 cm³/mol. The number of hydrogen-bond acceptors (Lipinski definition) is 4. The molecule has 0 aliphatic carbocycles. The van der Waals surface area contributed by atoms with E-state index in [2.05, 4.69) is 15.3 Å². The van der Waals surface area contributed by atoms with Gasteiger partial charge in [-0.05, 0) is 32.8 Å². The molecular formula is C12H17N3OS. The molecule has 1 saturated heterocycles. The number of rotatable bonds is 2. The maximum Gasteiger partial charge on any atom is 0.233 e. The predicted octanol–water partition coefficient (Wildman–Crippen LogP) is 1.85. The molecule has 1 aliphatic rings. The van der Waals surface area contributed by atoms with E-state index < -0.39 is 0 Å². The van der Waals surface area contributed by atoms with Gasteiger partial charge in [-0.3, -0.25) is 4.79 Å². The lowest BCUT2D eigenvalue weighted by Crippen LogP contribution is -2.30. The van der Waals surface area contributed by atoms with E-state index in [0.717, 1.165) is 42.4 Å². The highest BCUT2D eigenvalue weighted by molar-refractivity contribution is 8.00. The second kappa shape index (κ2) is 5.49. The fraction of sp³-hybridized carbons (Fsp3) is 0.583. The lowest BCUT2D eigenvalue weighted by Gasteiger charge is -2.12. The number of amides is 1. The van der Waals surface area contributed by atoms with Gasteiger partial charge in [0.25, 0.3) is 0 Å². The molecule has 0 radical (unpaired) electrons. The first-order valence-electron chi connectivity index (χ1n) is 5.92. The molecule has 1 amide bonds. The molecule has 1 fully saturated rings. The molecule has 0 aromatic carbocycles. The lowest BCUT2D eigenvalue weighted by molar-refractivity contribution is -0.120. The zero-order valence-electron chi connectivity index (χ0n) is 10.2. The van der Waals surface area contributed by atoms with Gasteiger partial charge in [-0.2, -0.15) is 0 Å². The van der Waals surface area contributed by atoms with Crippen molar-refractivity contribution in [2.45, 2.75) is 43.4 Å². The largest absolute Gasteiger partial charge is 0.355 e. The van der Waals surface area contributed by atoms with Gasteiger partial charge in [-0.15, -0.1) is 0 Å². The summed E-state index contributed by atoms with van der Waals surface area (Å²) in [7, 11) is 0. The van der Waals surface area contributed by atoms with Crippen molar-refractivity contribution in [3.05, 3.63) is 17.6 Å². The second-order valence-corrected chi connectivity index (χ2v) is 5.51. The Morgan fingerprint density at radius 3 is 2.94 bits per heavy atom. The molecule has 92 valence electrons. The molecule has 17 heavy (non-hydrogen) atoms. The number of nitrogens with one attached hydrogen (secondary N) is 1. The Balaban J connectivity index is 2.10. The van der Waals surface area contributed by atoms with Crippen LogP contribution < -0.4 is 5.32 Å². The summed E-state index contributed by atoms with van der Waals surface area (Å²) >= 11 is 1.55. The molecule has 1 atom stereocenters. The number of thioether (sulfide) groups is 1. The van der Waals surface area contributed by atoms with Gasteiger partial charge >= 0.3 is 0 Å². The first-order valence-corrected chi connectivity index (χ1v) is 6.80. The zero-order valence-corrected chi connectivity index (χ0v) is 11.0. The summed E-state index contributed by atoms with van der Waals surface area (Å²) in [4.78, 5) is 20.4. The third-order valence-electron chi connectivity index (χ3n) is 2.69. The number of carbonyl (C=O) groups excluding carboxylic acids is 1. The molecule has 1 aromatic rings. The molecular weight excluding hydrogens is 234 g/mol. The molecule has 0 saturated carbocycles. The third-order valence-corrected chi connectivity index (χ3v) is 3.88. The monoisotopic (exact) mass is 251 g/mol. The van der Waals surface area contributed by atoms with E-state index >= 15 is 0 Å².